The Morgan fingerprint density at radius 2 is 1.89 bits per heavy atom. The van der Waals surface area contributed by atoms with Gasteiger partial charge in [-0.2, -0.15) is 0 Å². The highest BCUT2D eigenvalue weighted by atomic mass is 14.9. The molecule has 0 amide bonds. The van der Waals surface area contributed by atoms with Crippen LogP contribution in [-0.2, 0) is 12.8 Å². The maximum atomic E-state index is 4.20. The molecule has 1 aliphatic carbocycles. The average molecular weight is 243 g/mol. The number of fused-ring (bicyclic) bond motifs is 1. The van der Waals surface area contributed by atoms with E-state index in [2.05, 4.69) is 45.7 Å². The van der Waals surface area contributed by atoms with E-state index in [1.807, 2.05) is 7.05 Å². The molecule has 2 rings (SSSR count). The summed E-state index contributed by atoms with van der Waals surface area (Å²) in [6.45, 7) is 13.3. The number of nitrogens with one attached hydrogen (secondary N) is 1. The molecule has 1 heteroatoms. The maximum Gasteiger partial charge on any atom is 0.0110 e. The van der Waals surface area contributed by atoms with Crippen molar-refractivity contribution in [2.45, 2.75) is 47.0 Å². The normalized spacial score (nSPS) is 22.5. The fraction of sp³-hybridized carbons (Fsp3) is 0.529. The van der Waals surface area contributed by atoms with Crippen molar-refractivity contribution in [3.8, 4) is 0 Å². The summed E-state index contributed by atoms with van der Waals surface area (Å²) in [5.74, 6) is 0. The molecule has 1 N–H and O–H groups in total. The molecule has 0 saturated carbocycles. The zero-order chi connectivity index (χ0) is 13.5. The quantitative estimate of drug-likeness (QED) is 0.832. The van der Waals surface area contributed by atoms with Gasteiger partial charge in [-0.1, -0.05) is 19.6 Å². The third-order valence-electron chi connectivity index (χ3n) is 4.84. The van der Waals surface area contributed by atoms with Crippen LogP contribution in [0.25, 0.3) is 0 Å². The second-order valence-corrected chi connectivity index (χ2v) is 6.06. The molecule has 98 valence electrons. The highest BCUT2D eigenvalue weighted by Gasteiger charge is 2.33. The molecule has 1 atom stereocenters. The van der Waals surface area contributed by atoms with Crippen molar-refractivity contribution in [1.29, 1.82) is 0 Å². The number of aryl methyl sites for hydroxylation is 2. The highest BCUT2D eigenvalue weighted by Crippen LogP contribution is 2.41. The summed E-state index contributed by atoms with van der Waals surface area (Å²) in [5.41, 5.74) is 8.89. The molecule has 18 heavy (non-hydrogen) atoms. The van der Waals surface area contributed by atoms with E-state index in [4.69, 9.17) is 0 Å². The first kappa shape index (κ1) is 13.2. The first-order valence-corrected chi connectivity index (χ1v) is 6.85. The van der Waals surface area contributed by atoms with Gasteiger partial charge < -0.3 is 5.32 Å². The van der Waals surface area contributed by atoms with Crippen LogP contribution in [0.1, 0.15) is 41.2 Å². The van der Waals surface area contributed by atoms with Crippen molar-refractivity contribution >= 4 is 0 Å². The van der Waals surface area contributed by atoms with Gasteiger partial charge in [0, 0.05) is 18.2 Å². The second-order valence-electron chi connectivity index (χ2n) is 6.06. The Kier molecular flexibility index (Phi) is 3.27. The number of hydrogen-bond acceptors (Lipinski definition) is 1. The predicted octanol–water partition coefficient (Wildman–Crippen LogP) is 3.84. The van der Waals surface area contributed by atoms with Crippen molar-refractivity contribution in [2.75, 3.05) is 7.05 Å². The monoisotopic (exact) mass is 243 g/mol. The molecule has 0 spiro atoms. The van der Waals surface area contributed by atoms with Crippen molar-refractivity contribution < 1.29 is 0 Å². The van der Waals surface area contributed by atoms with Crippen molar-refractivity contribution in [1.82, 2.24) is 5.32 Å². The molecule has 0 aromatic heterocycles. The lowest BCUT2D eigenvalue weighted by Gasteiger charge is -2.38. The predicted molar refractivity (Wildman–Crippen MR) is 79.0 cm³/mol. The summed E-state index contributed by atoms with van der Waals surface area (Å²) in [7, 11) is 1.98. The zero-order valence-electron chi connectivity index (χ0n) is 12.4. The van der Waals surface area contributed by atoms with Crippen LogP contribution >= 0.6 is 0 Å². The Labute approximate surface area is 111 Å². The minimum absolute atomic E-state index is 0.201. The first-order chi connectivity index (χ1) is 8.39. The summed E-state index contributed by atoms with van der Waals surface area (Å²) in [6.07, 6.45) is 3.50. The highest BCUT2D eigenvalue weighted by molar-refractivity contribution is 5.47. The van der Waals surface area contributed by atoms with E-state index < -0.39 is 0 Å². The summed E-state index contributed by atoms with van der Waals surface area (Å²) >= 11 is 0. The van der Waals surface area contributed by atoms with Crippen LogP contribution in [0, 0.1) is 26.2 Å². The lowest BCUT2D eigenvalue weighted by Crippen LogP contribution is -2.33. The van der Waals surface area contributed by atoms with E-state index in [0.717, 1.165) is 6.42 Å². The van der Waals surface area contributed by atoms with E-state index in [9.17, 15) is 0 Å². The molecule has 0 aliphatic heterocycles. The zero-order valence-corrected chi connectivity index (χ0v) is 12.4. The van der Waals surface area contributed by atoms with E-state index in [0.29, 0.717) is 0 Å². The molecule has 0 saturated heterocycles. The largest absolute Gasteiger partial charge is 0.391 e. The van der Waals surface area contributed by atoms with Gasteiger partial charge in [-0.15, -0.1) is 0 Å². The topological polar surface area (TPSA) is 12.0 Å². The Morgan fingerprint density at radius 1 is 1.22 bits per heavy atom. The smallest absolute Gasteiger partial charge is 0.0110 e. The lowest BCUT2D eigenvalue weighted by atomic mass is 9.69. The summed E-state index contributed by atoms with van der Waals surface area (Å²) in [4.78, 5) is 0. The van der Waals surface area contributed by atoms with Crippen LogP contribution < -0.4 is 5.32 Å². The van der Waals surface area contributed by atoms with Crippen LogP contribution in [0.15, 0.2) is 18.3 Å². The van der Waals surface area contributed by atoms with Crippen LogP contribution in [0.2, 0.25) is 0 Å². The molecule has 1 aliphatic rings. The fourth-order valence-electron chi connectivity index (χ4n) is 3.25. The van der Waals surface area contributed by atoms with Gasteiger partial charge in [0.25, 0.3) is 0 Å². The molecule has 0 fully saturated rings. The SMILES string of the molecule is C=C(NC)C1(C)CCc2c(C)cc(C)c(C)c2C1. The summed E-state index contributed by atoms with van der Waals surface area (Å²) in [6, 6.07) is 2.34. The Hall–Kier alpha value is -1.24. The molecular formula is C17H25N. The van der Waals surface area contributed by atoms with Crippen LogP contribution in [0.5, 0.6) is 0 Å². The van der Waals surface area contributed by atoms with Crippen LogP contribution in [-0.4, -0.2) is 7.05 Å². The number of benzene rings is 1. The Bertz CT molecular complexity index is 499. The van der Waals surface area contributed by atoms with Gasteiger partial charge in [-0.25, -0.2) is 0 Å². The number of hydrogen-bond donors (Lipinski definition) is 1. The van der Waals surface area contributed by atoms with Crippen molar-refractivity contribution in [2.24, 2.45) is 5.41 Å². The van der Waals surface area contributed by atoms with Crippen LogP contribution in [0.4, 0.5) is 0 Å². The van der Waals surface area contributed by atoms with Crippen molar-refractivity contribution in [3.05, 3.63) is 46.2 Å². The average Bonchev–Trinajstić information content (AvgIpc) is 2.34. The standard InChI is InChI=1S/C17H25N/c1-11-9-12(2)15-7-8-17(5,14(4)18-6)10-16(15)13(11)3/h9,18H,4,7-8,10H2,1-3,5-6H3. The van der Waals surface area contributed by atoms with Gasteiger partial charge in [-0.3, -0.25) is 0 Å². The number of allylic oxidation sites excluding steroid dienone is 1. The van der Waals surface area contributed by atoms with Crippen molar-refractivity contribution in [3.63, 3.8) is 0 Å². The van der Waals surface area contributed by atoms with Gasteiger partial charge in [0.15, 0.2) is 0 Å². The van der Waals surface area contributed by atoms with E-state index in [-0.39, 0.29) is 5.41 Å². The maximum absolute atomic E-state index is 4.20. The van der Waals surface area contributed by atoms with Gasteiger partial charge in [-0.05, 0) is 67.9 Å². The van der Waals surface area contributed by atoms with E-state index >= 15 is 0 Å². The summed E-state index contributed by atoms with van der Waals surface area (Å²) < 4.78 is 0. The minimum Gasteiger partial charge on any atom is -0.391 e. The van der Waals surface area contributed by atoms with E-state index in [1.165, 1.54) is 35.2 Å². The molecule has 1 aromatic rings. The third kappa shape index (κ3) is 1.96. The second kappa shape index (κ2) is 4.46. The first-order valence-electron chi connectivity index (χ1n) is 6.85. The van der Waals surface area contributed by atoms with Gasteiger partial charge in [0.05, 0.1) is 0 Å². The van der Waals surface area contributed by atoms with E-state index in [1.54, 1.807) is 11.1 Å². The van der Waals surface area contributed by atoms with Gasteiger partial charge in [0.1, 0.15) is 0 Å². The molecule has 1 unspecified atom stereocenters. The molecular weight excluding hydrogens is 218 g/mol. The fourth-order valence-corrected chi connectivity index (χ4v) is 3.25. The Balaban J connectivity index is 2.49. The molecule has 1 aromatic carbocycles. The van der Waals surface area contributed by atoms with Crippen LogP contribution in [0.3, 0.4) is 0 Å². The lowest BCUT2D eigenvalue weighted by molar-refractivity contribution is 0.326. The molecule has 0 bridgehead atoms. The molecule has 0 radical (unpaired) electrons. The number of rotatable bonds is 2. The molecule has 0 heterocycles. The minimum atomic E-state index is 0.201. The third-order valence-corrected chi connectivity index (χ3v) is 4.84. The molecule has 1 nitrogen and oxygen atoms in total. The summed E-state index contributed by atoms with van der Waals surface area (Å²) in [5, 5.41) is 3.26. The van der Waals surface area contributed by atoms with Gasteiger partial charge >= 0.3 is 0 Å². The Morgan fingerprint density at radius 3 is 2.50 bits per heavy atom. The van der Waals surface area contributed by atoms with Gasteiger partial charge in [0.2, 0.25) is 0 Å².